The standard InChI is InChI=1S/C32H37N5O5S/c1-23(31(38)35-25-14-18-36(19-15-25)26-7-11-29(12-8-26)43(3,40)41)4-13-30(34-2)32(39)37-20-16-28(17-21-37)42-27-9-5-24(22-33)6-10-27/h4-13,25,28H,2,14-21H2,1,3H3,(H,35,38)/b23-4+,30-13-. The fourth-order valence-electron chi connectivity index (χ4n) is 5.10. The van der Waals surface area contributed by atoms with Crippen LogP contribution in [0.4, 0.5) is 5.69 Å². The molecule has 2 aliphatic heterocycles. The highest BCUT2D eigenvalue weighted by Gasteiger charge is 2.26. The van der Waals surface area contributed by atoms with Crippen molar-refractivity contribution in [3.05, 3.63) is 77.5 Å². The Morgan fingerprint density at radius 3 is 2.19 bits per heavy atom. The van der Waals surface area contributed by atoms with Crippen molar-refractivity contribution in [1.82, 2.24) is 10.2 Å². The minimum absolute atomic E-state index is 0.0119. The second-order valence-corrected chi connectivity index (χ2v) is 12.8. The molecule has 2 amide bonds. The molecule has 2 fully saturated rings. The van der Waals surface area contributed by atoms with Crippen molar-refractivity contribution in [3.63, 3.8) is 0 Å². The van der Waals surface area contributed by atoms with Gasteiger partial charge in [0.05, 0.1) is 16.5 Å². The molecule has 2 heterocycles. The number of ether oxygens (including phenoxy) is 1. The number of nitrogens with one attached hydrogen (secondary N) is 1. The van der Waals surface area contributed by atoms with Crippen LogP contribution in [0.3, 0.4) is 0 Å². The number of carbonyl (C=O) groups excluding carboxylic acids is 2. The number of benzene rings is 2. The van der Waals surface area contributed by atoms with E-state index in [2.05, 4.69) is 28.0 Å². The monoisotopic (exact) mass is 603 g/mol. The average Bonchev–Trinajstić information content (AvgIpc) is 3.02. The zero-order valence-electron chi connectivity index (χ0n) is 24.5. The summed E-state index contributed by atoms with van der Waals surface area (Å²) >= 11 is 0. The molecular weight excluding hydrogens is 566 g/mol. The summed E-state index contributed by atoms with van der Waals surface area (Å²) in [6.45, 7) is 7.74. The quantitative estimate of drug-likeness (QED) is 0.263. The van der Waals surface area contributed by atoms with Gasteiger partial charge in [0.1, 0.15) is 17.6 Å². The normalized spacial score (nSPS) is 17.2. The molecule has 2 saturated heterocycles. The third-order valence-electron chi connectivity index (χ3n) is 7.71. The maximum Gasteiger partial charge on any atom is 0.272 e. The zero-order chi connectivity index (χ0) is 31.0. The summed E-state index contributed by atoms with van der Waals surface area (Å²) in [4.78, 5) is 34.0. The highest BCUT2D eigenvalue weighted by molar-refractivity contribution is 7.90. The molecule has 0 aliphatic carbocycles. The first kappa shape index (κ1) is 31.5. The summed E-state index contributed by atoms with van der Waals surface area (Å²) in [7, 11) is -3.23. The van der Waals surface area contributed by atoms with Gasteiger partial charge in [0.15, 0.2) is 9.84 Å². The number of nitriles is 1. The molecule has 2 aliphatic rings. The molecule has 226 valence electrons. The van der Waals surface area contributed by atoms with Crippen LogP contribution in [0, 0.1) is 11.3 Å². The zero-order valence-corrected chi connectivity index (χ0v) is 25.3. The molecular formula is C32H37N5O5S. The van der Waals surface area contributed by atoms with Gasteiger partial charge in [-0.1, -0.05) is 6.08 Å². The van der Waals surface area contributed by atoms with Crippen molar-refractivity contribution < 1.29 is 22.7 Å². The van der Waals surface area contributed by atoms with Gasteiger partial charge < -0.3 is 19.9 Å². The Kier molecular flexibility index (Phi) is 10.4. The van der Waals surface area contributed by atoms with E-state index in [1.165, 1.54) is 12.3 Å². The Hall–Kier alpha value is -4.43. The maximum absolute atomic E-state index is 13.1. The molecule has 43 heavy (non-hydrogen) atoms. The van der Waals surface area contributed by atoms with Crippen molar-refractivity contribution in [2.24, 2.45) is 4.99 Å². The number of aliphatic imine (C=N–C) groups is 1. The third kappa shape index (κ3) is 8.55. The summed E-state index contributed by atoms with van der Waals surface area (Å²) in [5, 5.41) is 12.0. The number of likely N-dealkylation sites (tertiary alicyclic amines) is 1. The van der Waals surface area contributed by atoms with E-state index < -0.39 is 9.84 Å². The average molecular weight is 604 g/mol. The first-order valence-electron chi connectivity index (χ1n) is 14.2. The van der Waals surface area contributed by atoms with Crippen LogP contribution in [0.2, 0.25) is 0 Å². The Morgan fingerprint density at radius 2 is 1.63 bits per heavy atom. The highest BCUT2D eigenvalue weighted by Crippen LogP contribution is 2.23. The summed E-state index contributed by atoms with van der Waals surface area (Å²) in [5.41, 5.74) is 2.16. The van der Waals surface area contributed by atoms with Crippen LogP contribution < -0.4 is 15.0 Å². The molecule has 10 nitrogen and oxygen atoms in total. The largest absolute Gasteiger partial charge is 0.490 e. The van der Waals surface area contributed by atoms with Crippen molar-refractivity contribution in [2.45, 2.75) is 49.6 Å². The van der Waals surface area contributed by atoms with E-state index in [1.54, 1.807) is 54.3 Å². The molecule has 2 aromatic carbocycles. The number of anilines is 1. The molecule has 0 radical (unpaired) electrons. The number of sulfone groups is 1. The predicted octanol–water partition coefficient (Wildman–Crippen LogP) is 3.65. The molecule has 0 atom stereocenters. The number of piperidine rings is 2. The number of nitrogens with zero attached hydrogens (tertiary/aromatic N) is 4. The van der Waals surface area contributed by atoms with Gasteiger partial charge in [-0.05, 0) is 81.1 Å². The SMILES string of the molecule is C=N/C(=C\C=C(/C)C(=O)NC1CCN(c2ccc(S(C)(=O)=O)cc2)CC1)C(=O)N1CCC(Oc2ccc(C#N)cc2)CC1. The first-order chi connectivity index (χ1) is 20.6. The summed E-state index contributed by atoms with van der Waals surface area (Å²) in [6, 6.07) is 15.9. The fraction of sp³-hybridized carbons (Fsp3) is 0.375. The molecule has 0 saturated carbocycles. The summed E-state index contributed by atoms with van der Waals surface area (Å²) < 4.78 is 29.4. The summed E-state index contributed by atoms with van der Waals surface area (Å²) in [5.74, 6) is 0.250. The minimum Gasteiger partial charge on any atom is -0.490 e. The second kappa shape index (κ2) is 14.2. The number of rotatable bonds is 9. The lowest BCUT2D eigenvalue weighted by Crippen LogP contribution is -2.45. The lowest BCUT2D eigenvalue weighted by molar-refractivity contribution is -0.129. The molecule has 4 rings (SSSR count). The van der Waals surface area contributed by atoms with E-state index in [0.29, 0.717) is 47.7 Å². The lowest BCUT2D eigenvalue weighted by Gasteiger charge is -2.34. The van der Waals surface area contributed by atoms with Crippen LogP contribution in [-0.4, -0.2) is 76.4 Å². The van der Waals surface area contributed by atoms with E-state index in [4.69, 9.17) is 10.00 Å². The van der Waals surface area contributed by atoms with Crippen molar-refractivity contribution in [1.29, 1.82) is 5.26 Å². The number of carbonyl (C=O) groups is 2. The van der Waals surface area contributed by atoms with Crippen molar-refractivity contribution in [2.75, 3.05) is 37.3 Å². The number of hydrogen-bond acceptors (Lipinski definition) is 8. The molecule has 0 bridgehead atoms. The van der Waals surface area contributed by atoms with Crippen LogP contribution >= 0.6 is 0 Å². The predicted molar refractivity (Wildman–Crippen MR) is 166 cm³/mol. The Morgan fingerprint density at radius 1 is 1.00 bits per heavy atom. The summed E-state index contributed by atoms with van der Waals surface area (Å²) in [6.07, 6.45) is 7.13. The van der Waals surface area contributed by atoms with Gasteiger partial charge in [0.2, 0.25) is 5.91 Å². The fourth-order valence-corrected chi connectivity index (χ4v) is 5.73. The van der Waals surface area contributed by atoms with Crippen molar-refractivity contribution >= 4 is 34.1 Å². The van der Waals surface area contributed by atoms with E-state index in [9.17, 15) is 18.0 Å². The van der Waals surface area contributed by atoms with Crippen LogP contribution in [0.25, 0.3) is 0 Å². The van der Waals surface area contributed by atoms with E-state index in [0.717, 1.165) is 31.6 Å². The van der Waals surface area contributed by atoms with E-state index >= 15 is 0 Å². The third-order valence-corrected chi connectivity index (χ3v) is 8.84. The molecule has 0 unspecified atom stereocenters. The molecule has 0 spiro atoms. The van der Waals surface area contributed by atoms with Crippen LogP contribution in [0.5, 0.6) is 5.75 Å². The number of hydrogen-bond donors (Lipinski definition) is 1. The Bertz CT molecular complexity index is 1530. The van der Waals surface area contributed by atoms with Crippen LogP contribution in [0.1, 0.15) is 38.2 Å². The molecule has 1 N–H and O–H groups in total. The highest BCUT2D eigenvalue weighted by atomic mass is 32.2. The van der Waals surface area contributed by atoms with Gasteiger partial charge in [-0.15, -0.1) is 0 Å². The minimum atomic E-state index is -3.23. The topological polar surface area (TPSA) is 132 Å². The van der Waals surface area contributed by atoms with Crippen molar-refractivity contribution in [3.8, 4) is 11.8 Å². The van der Waals surface area contributed by atoms with Gasteiger partial charge in [-0.2, -0.15) is 5.26 Å². The van der Waals surface area contributed by atoms with Crippen LogP contribution in [0.15, 0.2) is 81.8 Å². The number of allylic oxidation sites excluding steroid dienone is 2. The number of amides is 2. The second-order valence-electron chi connectivity index (χ2n) is 10.8. The molecule has 2 aromatic rings. The van der Waals surface area contributed by atoms with Gasteiger partial charge in [0, 0.05) is 62.6 Å². The Labute approximate surface area is 253 Å². The van der Waals surface area contributed by atoms with Crippen LogP contribution in [-0.2, 0) is 19.4 Å². The first-order valence-corrected chi connectivity index (χ1v) is 16.1. The van der Waals surface area contributed by atoms with E-state index in [-0.39, 0.29) is 29.7 Å². The van der Waals surface area contributed by atoms with Gasteiger partial charge in [-0.3, -0.25) is 14.6 Å². The van der Waals surface area contributed by atoms with Gasteiger partial charge in [0.25, 0.3) is 5.91 Å². The Balaban J connectivity index is 1.24. The smallest absolute Gasteiger partial charge is 0.272 e. The van der Waals surface area contributed by atoms with E-state index in [1.807, 2.05) is 12.1 Å². The van der Waals surface area contributed by atoms with Gasteiger partial charge in [-0.25, -0.2) is 8.42 Å². The maximum atomic E-state index is 13.1. The molecule has 0 aromatic heterocycles. The lowest BCUT2D eigenvalue weighted by atomic mass is 10.0. The molecule has 11 heteroatoms. The van der Waals surface area contributed by atoms with Gasteiger partial charge >= 0.3 is 0 Å².